The van der Waals surface area contributed by atoms with Crippen molar-refractivity contribution in [2.24, 2.45) is 0 Å². The second-order valence-corrected chi connectivity index (χ2v) is 9.82. The molecule has 2 aromatic rings. The van der Waals surface area contributed by atoms with Gasteiger partial charge >= 0.3 is 0 Å². The highest BCUT2D eigenvalue weighted by Crippen LogP contribution is 2.23. The fourth-order valence-electron chi connectivity index (χ4n) is 3.70. The molecule has 0 aliphatic carbocycles. The van der Waals surface area contributed by atoms with Gasteiger partial charge < -0.3 is 10.2 Å². The van der Waals surface area contributed by atoms with Crippen LogP contribution in [0.2, 0.25) is 0 Å². The molecular weight excluding hydrogens is 445 g/mol. The maximum absolute atomic E-state index is 13.3. The van der Waals surface area contributed by atoms with Crippen LogP contribution in [0, 0.1) is 12.7 Å². The van der Waals surface area contributed by atoms with E-state index >= 15 is 0 Å². The summed E-state index contributed by atoms with van der Waals surface area (Å²) < 4.78 is 39.4. The third-order valence-corrected chi connectivity index (χ3v) is 6.61. The van der Waals surface area contributed by atoms with Gasteiger partial charge in [0.05, 0.1) is 11.9 Å². The zero-order chi connectivity index (χ0) is 24.6. The van der Waals surface area contributed by atoms with E-state index in [2.05, 4.69) is 5.32 Å². The number of nitrogens with zero attached hydrogens (tertiary/aromatic N) is 2. The van der Waals surface area contributed by atoms with Gasteiger partial charge in [-0.1, -0.05) is 37.3 Å². The van der Waals surface area contributed by atoms with E-state index in [4.69, 9.17) is 0 Å². The van der Waals surface area contributed by atoms with Gasteiger partial charge in [0.25, 0.3) is 0 Å². The highest BCUT2D eigenvalue weighted by Gasteiger charge is 2.28. The van der Waals surface area contributed by atoms with Crippen LogP contribution >= 0.6 is 0 Å². The zero-order valence-electron chi connectivity index (χ0n) is 19.5. The van der Waals surface area contributed by atoms with Crippen molar-refractivity contribution in [2.45, 2.75) is 45.7 Å². The first-order valence-electron chi connectivity index (χ1n) is 10.9. The minimum Gasteiger partial charge on any atom is -0.357 e. The normalized spacial score (nSPS) is 12.2. The van der Waals surface area contributed by atoms with Crippen LogP contribution < -0.4 is 9.62 Å². The number of aryl methyl sites for hydroxylation is 1. The summed E-state index contributed by atoms with van der Waals surface area (Å²) in [5.74, 6) is -0.939. The Kier molecular flexibility index (Phi) is 9.40. The van der Waals surface area contributed by atoms with Crippen molar-refractivity contribution in [1.29, 1.82) is 0 Å². The number of anilines is 1. The smallest absolute Gasteiger partial charge is 0.242 e. The Morgan fingerprint density at radius 1 is 1.09 bits per heavy atom. The van der Waals surface area contributed by atoms with Crippen molar-refractivity contribution >= 4 is 27.5 Å². The maximum Gasteiger partial charge on any atom is 0.242 e. The maximum atomic E-state index is 13.3. The molecule has 0 fully saturated rings. The summed E-state index contributed by atoms with van der Waals surface area (Å²) >= 11 is 0. The molecule has 2 rings (SSSR count). The van der Waals surface area contributed by atoms with E-state index in [1.54, 1.807) is 24.3 Å². The lowest BCUT2D eigenvalue weighted by Gasteiger charge is -2.31. The monoisotopic (exact) mass is 477 g/mol. The Morgan fingerprint density at radius 2 is 1.73 bits per heavy atom. The number of hydrogen-bond acceptors (Lipinski definition) is 4. The van der Waals surface area contributed by atoms with Crippen molar-refractivity contribution < 1.29 is 22.4 Å². The summed E-state index contributed by atoms with van der Waals surface area (Å²) in [5, 5.41) is 2.59. The quantitative estimate of drug-likeness (QED) is 0.538. The molecule has 0 bridgehead atoms. The summed E-state index contributed by atoms with van der Waals surface area (Å²) in [4.78, 5) is 27.1. The van der Waals surface area contributed by atoms with Crippen LogP contribution in [-0.4, -0.2) is 51.0 Å². The third-order valence-electron chi connectivity index (χ3n) is 5.43. The molecular formula is C24H32FN3O4S. The van der Waals surface area contributed by atoms with Crippen LogP contribution in [0.4, 0.5) is 10.1 Å². The molecule has 0 saturated carbocycles. The van der Waals surface area contributed by atoms with Crippen LogP contribution in [0.25, 0.3) is 0 Å². The molecule has 1 atom stereocenters. The summed E-state index contributed by atoms with van der Waals surface area (Å²) in [6, 6.07) is 12.3. The lowest BCUT2D eigenvalue weighted by Crippen LogP contribution is -2.48. The number of amides is 2. The topological polar surface area (TPSA) is 86.8 Å². The molecule has 0 radical (unpaired) electrons. The Bertz CT molecular complexity index is 1060. The number of carbonyl (C=O) groups is 2. The molecule has 1 N–H and O–H groups in total. The first-order valence-corrected chi connectivity index (χ1v) is 12.7. The zero-order valence-corrected chi connectivity index (χ0v) is 20.4. The van der Waals surface area contributed by atoms with Crippen LogP contribution in [0.5, 0.6) is 0 Å². The highest BCUT2D eigenvalue weighted by atomic mass is 32.2. The number of sulfonamides is 1. The molecule has 2 amide bonds. The highest BCUT2D eigenvalue weighted by molar-refractivity contribution is 7.92. The van der Waals surface area contributed by atoms with E-state index in [0.717, 1.165) is 11.8 Å². The second kappa shape index (κ2) is 11.8. The van der Waals surface area contributed by atoms with E-state index in [0.29, 0.717) is 17.7 Å². The molecule has 33 heavy (non-hydrogen) atoms. The van der Waals surface area contributed by atoms with Crippen molar-refractivity contribution in [2.75, 3.05) is 24.2 Å². The fraction of sp³-hybridized carbons (Fsp3) is 0.417. The standard InChI is InChI=1S/C24H32FN3O4S/c1-5-21(24(30)26-3)27(17-19-12-14-20(25)15-13-19)23(29)11-8-16-28(33(4,31)32)22-10-7-6-9-18(22)2/h6-7,9-10,12-15,21H,5,8,11,16-17H2,1-4H3,(H,26,30)/t21-/m1/s1. The van der Waals surface area contributed by atoms with E-state index in [1.165, 1.54) is 28.4 Å². The van der Waals surface area contributed by atoms with E-state index in [-0.39, 0.29) is 43.6 Å². The number of carbonyl (C=O) groups excluding carboxylic acids is 2. The minimum atomic E-state index is -3.54. The number of halogens is 1. The molecule has 2 aromatic carbocycles. The predicted molar refractivity (Wildman–Crippen MR) is 128 cm³/mol. The molecule has 9 heteroatoms. The van der Waals surface area contributed by atoms with Gasteiger partial charge in [0.15, 0.2) is 0 Å². The number of rotatable bonds is 11. The van der Waals surface area contributed by atoms with Crippen LogP contribution in [-0.2, 0) is 26.2 Å². The van der Waals surface area contributed by atoms with Crippen molar-refractivity contribution in [3.05, 3.63) is 65.5 Å². The summed E-state index contributed by atoms with van der Waals surface area (Å²) in [6.07, 6.45) is 1.89. The minimum absolute atomic E-state index is 0.0621. The number of hydrogen-bond donors (Lipinski definition) is 1. The average Bonchev–Trinajstić information content (AvgIpc) is 2.77. The van der Waals surface area contributed by atoms with Crippen molar-refractivity contribution in [3.63, 3.8) is 0 Å². The van der Waals surface area contributed by atoms with Gasteiger partial charge in [-0.2, -0.15) is 0 Å². The molecule has 0 aromatic heterocycles. The number of likely N-dealkylation sites (N-methyl/N-ethyl adjacent to an activating group) is 1. The van der Waals surface area contributed by atoms with Crippen LogP contribution in [0.3, 0.4) is 0 Å². The van der Waals surface area contributed by atoms with Gasteiger partial charge in [-0.3, -0.25) is 13.9 Å². The first-order chi connectivity index (χ1) is 15.6. The number of para-hydroxylation sites is 1. The molecule has 180 valence electrons. The van der Waals surface area contributed by atoms with Gasteiger partial charge in [-0.25, -0.2) is 12.8 Å². The van der Waals surface area contributed by atoms with Gasteiger partial charge in [0, 0.05) is 26.6 Å². The third kappa shape index (κ3) is 7.28. The SMILES string of the molecule is CC[C@H](C(=O)NC)N(Cc1ccc(F)cc1)C(=O)CCCN(c1ccccc1C)S(C)(=O)=O. The van der Waals surface area contributed by atoms with E-state index in [9.17, 15) is 22.4 Å². The summed E-state index contributed by atoms with van der Waals surface area (Å²) in [7, 11) is -2.03. The van der Waals surface area contributed by atoms with Gasteiger partial charge in [0.2, 0.25) is 21.8 Å². The van der Waals surface area contributed by atoms with E-state index < -0.39 is 16.1 Å². The Balaban J connectivity index is 2.19. The molecule has 0 aliphatic rings. The Hall–Kier alpha value is -2.94. The van der Waals surface area contributed by atoms with E-state index in [1.807, 2.05) is 26.0 Å². The number of nitrogens with one attached hydrogen (secondary N) is 1. The largest absolute Gasteiger partial charge is 0.357 e. The fourth-order valence-corrected chi connectivity index (χ4v) is 4.72. The lowest BCUT2D eigenvalue weighted by atomic mass is 10.1. The van der Waals surface area contributed by atoms with Crippen molar-refractivity contribution in [3.8, 4) is 0 Å². The number of benzene rings is 2. The summed E-state index contributed by atoms with van der Waals surface area (Å²) in [5.41, 5.74) is 2.09. The molecule has 0 unspecified atom stereocenters. The lowest BCUT2D eigenvalue weighted by molar-refractivity contribution is -0.141. The van der Waals surface area contributed by atoms with Gasteiger partial charge in [0.1, 0.15) is 11.9 Å². The first kappa shape index (κ1) is 26.3. The molecule has 0 saturated heterocycles. The van der Waals surface area contributed by atoms with Crippen molar-refractivity contribution in [1.82, 2.24) is 10.2 Å². The predicted octanol–water partition coefficient (Wildman–Crippen LogP) is 3.23. The van der Waals surface area contributed by atoms with Crippen LogP contribution in [0.1, 0.15) is 37.3 Å². The van der Waals surface area contributed by atoms with Gasteiger partial charge in [-0.15, -0.1) is 0 Å². The average molecular weight is 478 g/mol. The molecule has 7 nitrogen and oxygen atoms in total. The van der Waals surface area contributed by atoms with Crippen LogP contribution in [0.15, 0.2) is 48.5 Å². The summed E-state index contributed by atoms with van der Waals surface area (Å²) in [6.45, 7) is 3.93. The Morgan fingerprint density at radius 3 is 2.27 bits per heavy atom. The second-order valence-electron chi connectivity index (χ2n) is 7.91. The van der Waals surface area contributed by atoms with Gasteiger partial charge in [-0.05, 0) is 49.1 Å². The molecule has 0 aliphatic heterocycles. The Labute approximate surface area is 195 Å². The molecule has 0 spiro atoms. The molecule has 0 heterocycles.